The lowest BCUT2D eigenvalue weighted by Gasteiger charge is -2.25. The second-order valence-corrected chi connectivity index (χ2v) is 7.56. The first-order valence-electron chi connectivity index (χ1n) is 7.06. The maximum absolute atomic E-state index is 6.41. The molecule has 0 bridgehead atoms. The van der Waals surface area contributed by atoms with E-state index >= 15 is 0 Å². The standard InChI is InChI=1S/C15H23N3S2/c1-6-15(16,7-2)8-19-13-12-9(3)10(4)20-14(12)18-11(5)17-13/h6-8,16H2,1-5H3. The summed E-state index contributed by atoms with van der Waals surface area (Å²) >= 11 is 3.53. The molecule has 2 aromatic rings. The minimum Gasteiger partial charge on any atom is -0.324 e. The highest BCUT2D eigenvalue weighted by atomic mass is 32.2. The summed E-state index contributed by atoms with van der Waals surface area (Å²) in [6, 6.07) is 0. The average Bonchev–Trinajstić information content (AvgIpc) is 2.71. The monoisotopic (exact) mass is 309 g/mol. The largest absolute Gasteiger partial charge is 0.324 e. The Kier molecular flexibility index (Phi) is 4.72. The van der Waals surface area contributed by atoms with Crippen molar-refractivity contribution in [2.24, 2.45) is 5.73 Å². The average molecular weight is 310 g/mol. The molecule has 0 aliphatic carbocycles. The molecule has 2 aromatic heterocycles. The van der Waals surface area contributed by atoms with Crippen LogP contribution >= 0.6 is 23.1 Å². The number of thiophene rings is 1. The number of rotatable bonds is 5. The van der Waals surface area contributed by atoms with Crippen molar-refractivity contribution in [1.82, 2.24) is 9.97 Å². The SMILES string of the molecule is CCC(N)(CC)CSc1nc(C)nc2sc(C)c(C)c12. The molecular formula is C15H23N3S2. The maximum Gasteiger partial charge on any atom is 0.128 e. The van der Waals surface area contributed by atoms with E-state index in [1.54, 1.807) is 23.1 Å². The Morgan fingerprint density at radius 3 is 2.40 bits per heavy atom. The van der Waals surface area contributed by atoms with Crippen LogP contribution in [0.25, 0.3) is 10.2 Å². The Morgan fingerprint density at radius 1 is 1.15 bits per heavy atom. The highest BCUT2D eigenvalue weighted by Gasteiger charge is 2.22. The Bertz CT molecular complexity index is 615. The number of aromatic nitrogens is 2. The van der Waals surface area contributed by atoms with Crippen LogP contribution in [-0.4, -0.2) is 21.3 Å². The van der Waals surface area contributed by atoms with Gasteiger partial charge in [0.25, 0.3) is 0 Å². The molecule has 0 unspecified atom stereocenters. The van der Waals surface area contributed by atoms with Crippen molar-refractivity contribution < 1.29 is 0 Å². The zero-order valence-electron chi connectivity index (χ0n) is 12.9. The van der Waals surface area contributed by atoms with Crippen LogP contribution in [0.1, 0.15) is 43.0 Å². The summed E-state index contributed by atoms with van der Waals surface area (Å²) in [6.45, 7) is 10.6. The molecule has 5 heteroatoms. The molecule has 2 N–H and O–H groups in total. The summed E-state index contributed by atoms with van der Waals surface area (Å²) in [5.74, 6) is 1.75. The van der Waals surface area contributed by atoms with Gasteiger partial charge in [0.2, 0.25) is 0 Å². The van der Waals surface area contributed by atoms with E-state index in [0.29, 0.717) is 0 Å². The van der Waals surface area contributed by atoms with Crippen LogP contribution in [0.5, 0.6) is 0 Å². The predicted octanol–water partition coefficient (Wildman–Crippen LogP) is 4.23. The molecule has 0 aromatic carbocycles. The molecule has 0 fully saturated rings. The Morgan fingerprint density at radius 2 is 1.80 bits per heavy atom. The summed E-state index contributed by atoms with van der Waals surface area (Å²) in [7, 11) is 0. The topological polar surface area (TPSA) is 51.8 Å². The van der Waals surface area contributed by atoms with Crippen molar-refractivity contribution in [3.05, 3.63) is 16.3 Å². The van der Waals surface area contributed by atoms with Gasteiger partial charge in [-0.25, -0.2) is 9.97 Å². The molecule has 3 nitrogen and oxygen atoms in total. The molecule has 2 heterocycles. The molecule has 20 heavy (non-hydrogen) atoms. The van der Waals surface area contributed by atoms with Gasteiger partial charge >= 0.3 is 0 Å². The van der Waals surface area contributed by atoms with Crippen molar-refractivity contribution >= 4 is 33.3 Å². The van der Waals surface area contributed by atoms with Crippen LogP contribution in [-0.2, 0) is 0 Å². The molecule has 0 atom stereocenters. The van der Waals surface area contributed by atoms with Crippen LogP contribution in [0.2, 0.25) is 0 Å². The lowest BCUT2D eigenvalue weighted by atomic mass is 9.97. The van der Waals surface area contributed by atoms with E-state index in [0.717, 1.165) is 34.3 Å². The van der Waals surface area contributed by atoms with E-state index < -0.39 is 0 Å². The molecule has 0 aliphatic heterocycles. The van der Waals surface area contributed by atoms with Gasteiger partial charge in [-0.2, -0.15) is 0 Å². The molecule has 0 spiro atoms. The zero-order valence-corrected chi connectivity index (χ0v) is 14.5. The molecule has 0 saturated heterocycles. The Labute approximate surface area is 129 Å². The molecule has 110 valence electrons. The van der Waals surface area contributed by atoms with Gasteiger partial charge in [0.15, 0.2) is 0 Å². The van der Waals surface area contributed by atoms with Gasteiger partial charge in [-0.1, -0.05) is 13.8 Å². The normalized spacial score (nSPS) is 12.3. The molecule has 0 aliphatic rings. The van der Waals surface area contributed by atoms with E-state index in [9.17, 15) is 0 Å². The first-order valence-corrected chi connectivity index (χ1v) is 8.86. The van der Waals surface area contributed by atoms with Crippen molar-refractivity contribution in [3.8, 4) is 0 Å². The summed E-state index contributed by atoms with van der Waals surface area (Å²) in [6.07, 6.45) is 1.98. The van der Waals surface area contributed by atoms with Crippen molar-refractivity contribution in [3.63, 3.8) is 0 Å². The van der Waals surface area contributed by atoms with Crippen molar-refractivity contribution in [1.29, 1.82) is 0 Å². The lowest BCUT2D eigenvalue weighted by molar-refractivity contribution is 0.446. The number of hydrogen-bond donors (Lipinski definition) is 1. The molecule has 2 rings (SSSR count). The first kappa shape index (κ1) is 15.7. The highest BCUT2D eigenvalue weighted by Crippen LogP contribution is 2.36. The van der Waals surface area contributed by atoms with Crippen molar-refractivity contribution in [2.75, 3.05) is 5.75 Å². The molecule has 0 amide bonds. The van der Waals surface area contributed by atoms with Crippen LogP contribution < -0.4 is 5.73 Å². The summed E-state index contributed by atoms with van der Waals surface area (Å²) in [4.78, 5) is 11.6. The van der Waals surface area contributed by atoms with E-state index in [1.165, 1.54) is 15.8 Å². The van der Waals surface area contributed by atoms with Crippen LogP contribution in [0.4, 0.5) is 0 Å². The lowest BCUT2D eigenvalue weighted by Crippen LogP contribution is -2.41. The minimum absolute atomic E-state index is 0.102. The second-order valence-electron chi connectivity index (χ2n) is 5.40. The van der Waals surface area contributed by atoms with Gasteiger partial charge in [-0.3, -0.25) is 0 Å². The van der Waals surface area contributed by atoms with Gasteiger partial charge < -0.3 is 5.73 Å². The van der Waals surface area contributed by atoms with Gasteiger partial charge in [0.05, 0.1) is 0 Å². The fourth-order valence-electron chi connectivity index (χ4n) is 2.09. The van der Waals surface area contributed by atoms with Crippen LogP contribution in [0.15, 0.2) is 5.03 Å². The maximum atomic E-state index is 6.41. The summed E-state index contributed by atoms with van der Waals surface area (Å²) in [5.41, 5.74) is 7.61. The molecule has 0 saturated carbocycles. The number of thioether (sulfide) groups is 1. The number of nitrogens with two attached hydrogens (primary N) is 1. The Hall–Kier alpha value is -0.650. The van der Waals surface area contributed by atoms with Crippen molar-refractivity contribution in [2.45, 2.75) is 58.0 Å². The molecular weight excluding hydrogens is 286 g/mol. The van der Waals surface area contributed by atoms with Gasteiger partial charge in [-0.15, -0.1) is 23.1 Å². The van der Waals surface area contributed by atoms with Gasteiger partial charge in [-0.05, 0) is 39.2 Å². The second kappa shape index (κ2) is 6.00. The third kappa shape index (κ3) is 3.00. The summed E-state index contributed by atoms with van der Waals surface area (Å²) in [5, 5.41) is 2.31. The third-order valence-electron chi connectivity index (χ3n) is 4.01. The summed E-state index contributed by atoms with van der Waals surface area (Å²) < 4.78 is 0. The van der Waals surface area contributed by atoms with Gasteiger partial charge in [0, 0.05) is 21.6 Å². The van der Waals surface area contributed by atoms with E-state index in [1.807, 2.05) is 6.92 Å². The van der Waals surface area contributed by atoms with Gasteiger partial charge in [0.1, 0.15) is 15.7 Å². The number of nitrogens with zero attached hydrogens (tertiary/aromatic N) is 2. The van der Waals surface area contributed by atoms with Crippen LogP contribution in [0.3, 0.4) is 0 Å². The smallest absolute Gasteiger partial charge is 0.128 e. The number of fused-ring (bicyclic) bond motifs is 1. The quantitative estimate of drug-likeness (QED) is 0.663. The first-order chi connectivity index (χ1) is 9.40. The Balaban J connectivity index is 2.39. The highest BCUT2D eigenvalue weighted by molar-refractivity contribution is 7.99. The van der Waals surface area contributed by atoms with E-state index in [4.69, 9.17) is 5.73 Å². The van der Waals surface area contributed by atoms with E-state index in [2.05, 4.69) is 37.7 Å². The predicted molar refractivity (Wildman–Crippen MR) is 89.9 cm³/mol. The number of aryl methyl sites for hydroxylation is 3. The zero-order chi connectivity index (χ0) is 14.9. The fourth-order valence-corrected chi connectivity index (χ4v) is 4.65. The van der Waals surface area contributed by atoms with Crippen LogP contribution in [0, 0.1) is 20.8 Å². The minimum atomic E-state index is -0.102. The van der Waals surface area contributed by atoms with E-state index in [-0.39, 0.29) is 5.54 Å². The fraction of sp³-hybridized carbons (Fsp3) is 0.600. The molecule has 0 radical (unpaired) electrons. The number of hydrogen-bond acceptors (Lipinski definition) is 5. The third-order valence-corrected chi connectivity index (χ3v) is 6.40.